The molecule has 0 saturated carbocycles. The zero-order chi connectivity index (χ0) is 18.8. The van der Waals surface area contributed by atoms with Crippen LogP contribution in [0.3, 0.4) is 0 Å². The smallest absolute Gasteiger partial charge is 0.170 e. The molecule has 0 fully saturated rings. The Hall–Kier alpha value is -2.26. The van der Waals surface area contributed by atoms with Gasteiger partial charge in [-0.2, -0.15) is 0 Å². The summed E-state index contributed by atoms with van der Waals surface area (Å²) in [6.07, 6.45) is -2.00. The molecule has 2 rings (SSSR count). The highest BCUT2D eigenvalue weighted by molar-refractivity contribution is 7.80. The lowest BCUT2D eigenvalue weighted by atomic mass is 10.2. The third-order valence-electron chi connectivity index (χ3n) is 3.45. The van der Waals surface area contributed by atoms with Crippen LogP contribution < -0.4 is 21.3 Å². The first-order valence-corrected chi connectivity index (χ1v) is 8.92. The number of aliphatic hydroxyl groups is 2. The van der Waals surface area contributed by atoms with E-state index in [0.717, 1.165) is 11.4 Å². The Kier molecular flexibility index (Phi) is 8.23. The summed E-state index contributed by atoms with van der Waals surface area (Å²) in [6, 6.07) is 18.9. The lowest BCUT2D eigenvalue weighted by Crippen LogP contribution is -2.46. The molecule has 0 aliphatic heterocycles. The lowest BCUT2D eigenvalue weighted by molar-refractivity contribution is 0.0262. The van der Waals surface area contributed by atoms with E-state index < -0.39 is 12.2 Å². The van der Waals surface area contributed by atoms with Gasteiger partial charge in [0.25, 0.3) is 0 Å². The fourth-order valence-electron chi connectivity index (χ4n) is 2.06. The molecular weight excluding hydrogens is 368 g/mol. The van der Waals surface area contributed by atoms with Crippen molar-refractivity contribution in [2.75, 3.05) is 23.7 Å². The Morgan fingerprint density at radius 3 is 1.38 bits per heavy atom. The molecular formula is C18H22N4O2S2. The number of hydrogen-bond acceptors (Lipinski definition) is 4. The van der Waals surface area contributed by atoms with E-state index in [1.165, 1.54) is 0 Å². The maximum Gasteiger partial charge on any atom is 0.170 e. The van der Waals surface area contributed by atoms with Crippen LogP contribution in [0.15, 0.2) is 60.7 Å². The number of benzene rings is 2. The van der Waals surface area contributed by atoms with E-state index in [-0.39, 0.29) is 13.1 Å². The molecule has 0 amide bonds. The molecule has 0 saturated heterocycles. The molecule has 0 bridgehead atoms. The standard InChI is InChI=1S/C18H22N4O2S2/c23-15(11-19-17(25)21-13-7-3-1-4-8-13)16(24)12-20-18(26)22-14-9-5-2-6-10-14/h1-10,15-16,23-24H,11-12H2,(H2,19,21,25)(H2,20,22,26)/t15-,16-/m1/s1. The Balaban J connectivity index is 1.66. The highest BCUT2D eigenvalue weighted by Gasteiger charge is 2.16. The summed E-state index contributed by atoms with van der Waals surface area (Å²) in [5.74, 6) is 0. The highest BCUT2D eigenvalue weighted by atomic mass is 32.1. The SMILES string of the molecule is O[C@H](CNC(=S)Nc1ccccc1)[C@H](O)CNC(=S)Nc1ccccc1. The molecule has 6 nitrogen and oxygen atoms in total. The molecule has 26 heavy (non-hydrogen) atoms. The maximum atomic E-state index is 10.0. The first-order chi connectivity index (χ1) is 12.5. The molecule has 0 heterocycles. The van der Waals surface area contributed by atoms with Crippen molar-refractivity contribution in [3.8, 4) is 0 Å². The van der Waals surface area contributed by atoms with Gasteiger partial charge in [0.05, 0.1) is 12.2 Å². The Bertz CT molecular complexity index is 639. The second kappa shape index (κ2) is 10.7. The molecule has 6 N–H and O–H groups in total. The minimum atomic E-state index is -1.00. The molecule has 2 atom stereocenters. The molecule has 0 aliphatic carbocycles. The lowest BCUT2D eigenvalue weighted by Gasteiger charge is -2.20. The zero-order valence-corrected chi connectivity index (χ0v) is 15.7. The molecule has 0 radical (unpaired) electrons. The van der Waals surface area contributed by atoms with E-state index in [1.54, 1.807) is 0 Å². The van der Waals surface area contributed by atoms with Crippen molar-refractivity contribution in [2.45, 2.75) is 12.2 Å². The van der Waals surface area contributed by atoms with Gasteiger partial charge in [0.15, 0.2) is 10.2 Å². The van der Waals surface area contributed by atoms with Crippen LogP contribution in [-0.4, -0.2) is 45.7 Å². The number of anilines is 2. The van der Waals surface area contributed by atoms with Gasteiger partial charge in [-0.25, -0.2) is 0 Å². The van der Waals surface area contributed by atoms with Gasteiger partial charge in [0.1, 0.15) is 0 Å². The van der Waals surface area contributed by atoms with E-state index in [9.17, 15) is 10.2 Å². The highest BCUT2D eigenvalue weighted by Crippen LogP contribution is 2.05. The summed E-state index contributed by atoms with van der Waals surface area (Å²) in [5, 5.41) is 32.5. The van der Waals surface area contributed by atoms with Crippen LogP contribution in [0.25, 0.3) is 0 Å². The molecule has 0 unspecified atom stereocenters. The Morgan fingerprint density at radius 2 is 1.04 bits per heavy atom. The molecule has 138 valence electrons. The summed E-state index contributed by atoms with van der Waals surface area (Å²) in [7, 11) is 0. The van der Waals surface area contributed by atoms with Crippen LogP contribution in [0.5, 0.6) is 0 Å². The second-order valence-electron chi connectivity index (χ2n) is 5.54. The van der Waals surface area contributed by atoms with Gasteiger partial charge < -0.3 is 31.5 Å². The van der Waals surface area contributed by atoms with Crippen molar-refractivity contribution < 1.29 is 10.2 Å². The van der Waals surface area contributed by atoms with Crippen LogP contribution in [0.4, 0.5) is 11.4 Å². The number of rotatable bonds is 7. The Morgan fingerprint density at radius 1 is 0.692 bits per heavy atom. The van der Waals surface area contributed by atoms with Crippen LogP contribution in [-0.2, 0) is 0 Å². The van der Waals surface area contributed by atoms with Gasteiger partial charge in [0, 0.05) is 24.5 Å². The van der Waals surface area contributed by atoms with E-state index >= 15 is 0 Å². The summed E-state index contributed by atoms with van der Waals surface area (Å²) in [4.78, 5) is 0. The summed E-state index contributed by atoms with van der Waals surface area (Å²) in [6.45, 7) is 0.223. The largest absolute Gasteiger partial charge is 0.389 e. The quantitative estimate of drug-likeness (QED) is 0.398. The maximum absolute atomic E-state index is 10.0. The minimum absolute atomic E-state index is 0.111. The van der Waals surface area contributed by atoms with Crippen molar-refractivity contribution >= 4 is 46.0 Å². The van der Waals surface area contributed by atoms with Crippen LogP contribution in [0.2, 0.25) is 0 Å². The van der Waals surface area contributed by atoms with Crippen molar-refractivity contribution in [3.05, 3.63) is 60.7 Å². The number of nitrogens with one attached hydrogen (secondary N) is 4. The van der Waals surface area contributed by atoms with E-state index in [4.69, 9.17) is 24.4 Å². The number of para-hydroxylation sites is 2. The van der Waals surface area contributed by atoms with Crippen molar-refractivity contribution in [2.24, 2.45) is 0 Å². The topological polar surface area (TPSA) is 88.6 Å². The first-order valence-electron chi connectivity index (χ1n) is 8.10. The van der Waals surface area contributed by atoms with Gasteiger partial charge in [-0.15, -0.1) is 0 Å². The molecule has 0 aromatic heterocycles. The average molecular weight is 391 g/mol. The van der Waals surface area contributed by atoms with Crippen molar-refractivity contribution in [1.29, 1.82) is 0 Å². The summed E-state index contributed by atoms with van der Waals surface area (Å²) < 4.78 is 0. The van der Waals surface area contributed by atoms with Gasteiger partial charge in [0.2, 0.25) is 0 Å². The monoisotopic (exact) mass is 390 g/mol. The first kappa shape index (κ1) is 20.1. The molecule has 0 spiro atoms. The number of hydrogen-bond donors (Lipinski definition) is 6. The second-order valence-corrected chi connectivity index (χ2v) is 6.35. The molecule has 8 heteroatoms. The van der Waals surface area contributed by atoms with E-state index in [0.29, 0.717) is 10.2 Å². The number of thiocarbonyl (C=S) groups is 2. The average Bonchev–Trinajstić information content (AvgIpc) is 2.65. The fourth-order valence-corrected chi connectivity index (χ4v) is 2.46. The van der Waals surface area contributed by atoms with Crippen LogP contribution >= 0.6 is 24.4 Å². The molecule has 2 aromatic rings. The van der Waals surface area contributed by atoms with Gasteiger partial charge in [-0.1, -0.05) is 36.4 Å². The zero-order valence-electron chi connectivity index (χ0n) is 14.1. The van der Waals surface area contributed by atoms with Gasteiger partial charge >= 0.3 is 0 Å². The van der Waals surface area contributed by atoms with Crippen molar-refractivity contribution in [1.82, 2.24) is 10.6 Å². The van der Waals surface area contributed by atoms with Gasteiger partial charge in [-0.05, 0) is 48.7 Å². The predicted molar refractivity (Wildman–Crippen MR) is 113 cm³/mol. The predicted octanol–water partition coefficient (Wildman–Crippen LogP) is 1.68. The molecule has 2 aromatic carbocycles. The minimum Gasteiger partial charge on any atom is -0.389 e. The Labute approximate surface area is 163 Å². The fraction of sp³-hybridized carbons (Fsp3) is 0.222. The van der Waals surface area contributed by atoms with E-state index in [1.807, 2.05) is 60.7 Å². The third kappa shape index (κ3) is 7.32. The van der Waals surface area contributed by atoms with Gasteiger partial charge in [-0.3, -0.25) is 0 Å². The number of aliphatic hydroxyl groups excluding tert-OH is 2. The van der Waals surface area contributed by atoms with Crippen LogP contribution in [0, 0.1) is 0 Å². The summed E-state index contributed by atoms with van der Waals surface area (Å²) >= 11 is 10.3. The normalized spacial score (nSPS) is 12.5. The van der Waals surface area contributed by atoms with Crippen molar-refractivity contribution in [3.63, 3.8) is 0 Å². The third-order valence-corrected chi connectivity index (χ3v) is 3.94. The van der Waals surface area contributed by atoms with Crippen LogP contribution in [0.1, 0.15) is 0 Å². The van der Waals surface area contributed by atoms with E-state index in [2.05, 4.69) is 21.3 Å². The molecule has 0 aliphatic rings. The summed E-state index contributed by atoms with van der Waals surface area (Å²) in [5.41, 5.74) is 1.69.